The fraction of sp³-hybridized carbons (Fsp3) is 1.00. The number of fused-ring (bicyclic) bond motifs is 5. The number of rotatable bonds is 1. The van der Waals surface area contributed by atoms with Gasteiger partial charge in [0.05, 0.1) is 6.61 Å². The van der Waals surface area contributed by atoms with Crippen molar-refractivity contribution in [3.05, 3.63) is 0 Å². The summed E-state index contributed by atoms with van der Waals surface area (Å²) in [6.07, 6.45) is 13.6. The summed E-state index contributed by atoms with van der Waals surface area (Å²) >= 11 is 4.22. The van der Waals surface area contributed by atoms with E-state index in [4.69, 9.17) is 0 Å². The molecule has 0 radical (unpaired) electrons. The maximum Gasteiger partial charge on any atom is 0.0503 e. The van der Waals surface area contributed by atoms with Gasteiger partial charge in [-0.15, -0.1) is 0 Å². The minimum atomic E-state index is 0.173. The molecule has 2 heteroatoms. The Labute approximate surface area is 144 Å². The van der Waals surface area contributed by atoms with Crippen LogP contribution in [0.25, 0.3) is 0 Å². The number of hydrogen-bond donors (Lipinski definition) is 1. The molecule has 1 nitrogen and oxygen atoms in total. The van der Waals surface area contributed by atoms with Crippen molar-refractivity contribution in [2.45, 2.75) is 82.4 Å². The van der Waals surface area contributed by atoms with Gasteiger partial charge in [-0.25, -0.2) is 0 Å². The molecule has 4 aliphatic rings. The lowest BCUT2D eigenvalue weighted by molar-refractivity contribution is -0.139. The zero-order valence-corrected chi connectivity index (χ0v) is 16.0. The Morgan fingerprint density at radius 1 is 1.00 bits per heavy atom. The molecule has 0 saturated heterocycles. The Balaban J connectivity index is 1.75. The molecule has 0 amide bonds. The molecule has 0 aliphatic heterocycles. The van der Waals surface area contributed by atoms with Crippen molar-refractivity contribution >= 4 is 15.9 Å². The van der Waals surface area contributed by atoms with Crippen molar-refractivity contribution in [1.82, 2.24) is 0 Å². The molecule has 4 aliphatic carbocycles. The second kappa shape index (κ2) is 5.22. The first-order valence-corrected chi connectivity index (χ1v) is 10.5. The van der Waals surface area contributed by atoms with Gasteiger partial charge in [-0.05, 0) is 74.0 Å². The van der Waals surface area contributed by atoms with E-state index in [1.807, 2.05) is 0 Å². The molecule has 0 unspecified atom stereocenters. The fourth-order valence-electron chi connectivity index (χ4n) is 7.75. The molecule has 0 aromatic rings. The summed E-state index contributed by atoms with van der Waals surface area (Å²) < 4.78 is 0.222. The van der Waals surface area contributed by atoms with Crippen LogP contribution in [0.5, 0.6) is 0 Å². The Morgan fingerprint density at radius 2 is 1.77 bits per heavy atom. The van der Waals surface area contributed by atoms with Crippen molar-refractivity contribution in [2.24, 2.45) is 34.5 Å². The maximum atomic E-state index is 10.5. The second-order valence-electron chi connectivity index (χ2n) is 9.54. The largest absolute Gasteiger partial charge is 0.396 e. The third-order valence-electron chi connectivity index (χ3n) is 8.75. The zero-order valence-electron chi connectivity index (χ0n) is 14.4. The molecule has 0 spiro atoms. The minimum Gasteiger partial charge on any atom is -0.396 e. The molecule has 4 fully saturated rings. The monoisotopic (exact) mass is 368 g/mol. The molecular formula is C20H33BrO. The Kier molecular flexibility index (Phi) is 3.78. The number of alkyl halides is 1. The lowest BCUT2D eigenvalue weighted by Gasteiger charge is -2.65. The van der Waals surface area contributed by atoms with Gasteiger partial charge in [0.1, 0.15) is 0 Å². The normalized spacial score (nSPS) is 57.8. The fourth-order valence-corrected chi connectivity index (χ4v) is 9.16. The SMILES string of the molecule is C[C@@H]1C[C@@]2(Br)CCCC[C@]2(CO)[C@H]2CC[C@]3(C)CCC[C@H]3[C@H]12. The average Bonchev–Trinajstić information content (AvgIpc) is 2.88. The summed E-state index contributed by atoms with van der Waals surface area (Å²) in [5.74, 6) is 3.39. The van der Waals surface area contributed by atoms with Crippen molar-refractivity contribution in [3.8, 4) is 0 Å². The minimum absolute atomic E-state index is 0.173. The highest BCUT2D eigenvalue weighted by Crippen LogP contribution is 2.70. The molecule has 22 heavy (non-hydrogen) atoms. The summed E-state index contributed by atoms with van der Waals surface area (Å²) in [6.45, 7) is 5.52. The number of halogens is 1. The van der Waals surface area contributed by atoms with Crippen molar-refractivity contribution in [3.63, 3.8) is 0 Å². The predicted octanol–water partition coefficient (Wildman–Crippen LogP) is 5.55. The van der Waals surface area contributed by atoms with Gasteiger partial charge >= 0.3 is 0 Å². The van der Waals surface area contributed by atoms with Gasteiger partial charge in [-0.3, -0.25) is 0 Å². The molecule has 7 atom stereocenters. The lowest BCUT2D eigenvalue weighted by atomic mass is 9.43. The van der Waals surface area contributed by atoms with Crippen LogP contribution in [0.1, 0.15) is 78.1 Å². The van der Waals surface area contributed by atoms with Gasteiger partial charge in [0.15, 0.2) is 0 Å². The van der Waals surface area contributed by atoms with Crippen molar-refractivity contribution < 1.29 is 5.11 Å². The quantitative estimate of drug-likeness (QED) is 0.601. The van der Waals surface area contributed by atoms with Crippen LogP contribution in [0.2, 0.25) is 0 Å². The summed E-state index contributed by atoms with van der Waals surface area (Å²) in [4.78, 5) is 0. The summed E-state index contributed by atoms with van der Waals surface area (Å²) in [7, 11) is 0. The summed E-state index contributed by atoms with van der Waals surface area (Å²) in [6, 6.07) is 0. The third kappa shape index (κ3) is 1.92. The highest BCUT2D eigenvalue weighted by atomic mass is 79.9. The molecule has 0 heterocycles. The number of hydrogen-bond acceptors (Lipinski definition) is 1. The summed E-state index contributed by atoms with van der Waals surface area (Å²) in [5.41, 5.74) is 0.791. The van der Waals surface area contributed by atoms with Crippen molar-refractivity contribution in [2.75, 3.05) is 6.61 Å². The van der Waals surface area contributed by atoms with E-state index in [2.05, 4.69) is 29.8 Å². The van der Waals surface area contributed by atoms with Crippen LogP contribution in [-0.4, -0.2) is 16.0 Å². The van der Waals surface area contributed by atoms with E-state index in [-0.39, 0.29) is 9.74 Å². The van der Waals surface area contributed by atoms with Crippen LogP contribution in [0, 0.1) is 34.5 Å². The predicted molar refractivity (Wildman–Crippen MR) is 95.1 cm³/mol. The van der Waals surface area contributed by atoms with Crippen LogP contribution in [-0.2, 0) is 0 Å². The van der Waals surface area contributed by atoms with Gasteiger partial charge in [0.2, 0.25) is 0 Å². The van der Waals surface area contributed by atoms with Crippen molar-refractivity contribution in [1.29, 1.82) is 0 Å². The van der Waals surface area contributed by atoms with Crippen LogP contribution < -0.4 is 0 Å². The van der Waals surface area contributed by atoms with E-state index in [0.717, 1.165) is 23.7 Å². The zero-order chi connectivity index (χ0) is 15.6. The molecular weight excluding hydrogens is 336 g/mol. The van der Waals surface area contributed by atoms with Crippen LogP contribution >= 0.6 is 15.9 Å². The van der Waals surface area contributed by atoms with Crippen LogP contribution in [0.3, 0.4) is 0 Å². The average molecular weight is 369 g/mol. The second-order valence-corrected chi connectivity index (χ2v) is 11.1. The smallest absolute Gasteiger partial charge is 0.0503 e. The van der Waals surface area contributed by atoms with Gasteiger partial charge in [-0.2, -0.15) is 0 Å². The van der Waals surface area contributed by atoms with Gasteiger partial charge in [0, 0.05) is 9.74 Å². The molecule has 0 aromatic carbocycles. The van der Waals surface area contributed by atoms with E-state index in [0.29, 0.717) is 12.0 Å². The van der Waals surface area contributed by atoms with E-state index in [1.54, 1.807) is 0 Å². The Morgan fingerprint density at radius 3 is 2.55 bits per heavy atom. The molecule has 0 aromatic heterocycles. The molecule has 0 bridgehead atoms. The van der Waals surface area contributed by atoms with Gasteiger partial charge in [-0.1, -0.05) is 49.0 Å². The van der Waals surface area contributed by atoms with Gasteiger partial charge < -0.3 is 5.11 Å². The Bertz CT molecular complexity index is 451. The highest BCUT2D eigenvalue weighted by Gasteiger charge is 2.65. The molecule has 4 saturated carbocycles. The van der Waals surface area contributed by atoms with Crippen LogP contribution in [0.15, 0.2) is 0 Å². The standard InChI is InChI=1S/C20H33BrO/c1-14-12-20(21)10-4-3-9-19(20,13-22)16-7-11-18(2)8-5-6-15(18)17(14)16/h14-17,22H,3-13H2,1-2H3/t14-,15+,16+,17+,18+,19+,20+/m1/s1. The third-order valence-corrected chi connectivity index (χ3v) is 10.3. The number of aliphatic hydroxyl groups excluding tert-OH is 1. The topological polar surface area (TPSA) is 20.2 Å². The van der Waals surface area contributed by atoms with Crippen LogP contribution in [0.4, 0.5) is 0 Å². The maximum absolute atomic E-state index is 10.5. The van der Waals surface area contributed by atoms with Gasteiger partial charge in [0.25, 0.3) is 0 Å². The first-order valence-electron chi connectivity index (χ1n) is 9.76. The first-order chi connectivity index (χ1) is 10.5. The first kappa shape index (κ1) is 15.9. The number of aliphatic hydroxyl groups is 1. The van der Waals surface area contributed by atoms with E-state index in [1.165, 1.54) is 64.2 Å². The van der Waals surface area contributed by atoms with E-state index >= 15 is 0 Å². The summed E-state index contributed by atoms with van der Waals surface area (Å²) in [5, 5.41) is 10.5. The lowest BCUT2D eigenvalue weighted by Crippen LogP contribution is -2.63. The molecule has 1 N–H and O–H groups in total. The molecule has 4 rings (SSSR count). The Hall–Kier alpha value is 0.440. The highest BCUT2D eigenvalue weighted by molar-refractivity contribution is 9.10. The molecule has 126 valence electrons. The van der Waals surface area contributed by atoms with E-state index in [9.17, 15) is 5.11 Å². The van der Waals surface area contributed by atoms with E-state index < -0.39 is 0 Å².